The fourth-order valence-corrected chi connectivity index (χ4v) is 2.22. The minimum atomic E-state index is -0.810. The molecule has 0 aliphatic carbocycles. The van der Waals surface area contributed by atoms with Crippen LogP contribution in [0.3, 0.4) is 0 Å². The molecule has 2 aromatic rings. The number of carbonyl (C=O) groups is 1. The van der Waals surface area contributed by atoms with Gasteiger partial charge in [-0.3, -0.25) is 4.79 Å². The SMILES string of the molecule is CC(C(=O)O)c1cccc2[nH]cc(Br)c12. The van der Waals surface area contributed by atoms with Crippen LogP contribution in [0.5, 0.6) is 0 Å². The number of aliphatic carboxylic acids is 1. The molecule has 1 atom stereocenters. The van der Waals surface area contributed by atoms with Crippen molar-refractivity contribution in [2.24, 2.45) is 0 Å². The average molecular weight is 268 g/mol. The van der Waals surface area contributed by atoms with Gasteiger partial charge in [0.2, 0.25) is 0 Å². The van der Waals surface area contributed by atoms with Crippen molar-refractivity contribution in [3.8, 4) is 0 Å². The van der Waals surface area contributed by atoms with E-state index >= 15 is 0 Å². The van der Waals surface area contributed by atoms with Crippen LogP contribution >= 0.6 is 15.9 Å². The predicted octanol–water partition coefficient (Wildman–Crippen LogP) is 3.12. The molecular weight excluding hydrogens is 258 g/mol. The van der Waals surface area contributed by atoms with Crippen molar-refractivity contribution in [3.05, 3.63) is 34.4 Å². The quantitative estimate of drug-likeness (QED) is 0.879. The summed E-state index contributed by atoms with van der Waals surface area (Å²) in [5, 5.41) is 9.95. The zero-order valence-electron chi connectivity index (χ0n) is 8.12. The summed E-state index contributed by atoms with van der Waals surface area (Å²) in [6, 6.07) is 5.64. The molecule has 4 heteroatoms. The second-order valence-corrected chi connectivity index (χ2v) is 4.32. The van der Waals surface area contributed by atoms with Crippen molar-refractivity contribution in [1.29, 1.82) is 0 Å². The van der Waals surface area contributed by atoms with Gasteiger partial charge in [-0.05, 0) is 34.5 Å². The molecule has 15 heavy (non-hydrogen) atoms. The van der Waals surface area contributed by atoms with Crippen molar-refractivity contribution in [2.45, 2.75) is 12.8 Å². The van der Waals surface area contributed by atoms with E-state index in [-0.39, 0.29) is 0 Å². The smallest absolute Gasteiger partial charge is 0.310 e. The Morgan fingerprint density at radius 1 is 1.53 bits per heavy atom. The molecule has 0 aliphatic rings. The number of nitrogens with one attached hydrogen (secondary N) is 1. The highest BCUT2D eigenvalue weighted by atomic mass is 79.9. The molecule has 3 nitrogen and oxygen atoms in total. The molecule has 1 unspecified atom stereocenters. The largest absolute Gasteiger partial charge is 0.481 e. The van der Waals surface area contributed by atoms with Crippen LogP contribution in [0.1, 0.15) is 18.4 Å². The number of aromatic amines is 1. The number of carboxylic acid groups (broad SMARTS) is 1. The van der Waals surface area contributed by atoms with Crippen molar-refractivity contribution in [3.63, 3.8) is 0 Å². The number of hydrogen-bond donors (Lipinski definition) is 2. The molecular formula is C11H10BrNO2. The summed E-state index contributed by atoms with van der Waals surface area (Å²) < 4.78 is 0.904. The number of halogens is 1. The van der Waals surface area contributed by atoms with Gasteiger partial charge in [-0.15, -0.1) is 0 Å². The summed E-state index contributed by atoms with van der Waals surface area (Å²) >= 11 is 3.41. The average Bonchev–Trinajstić information content (AvgIpc) is 2.59. The summed E-state index contributed by atoms with van der Waals surface area (Å²) in [6.45, 7) is 1.69. The van der Waals surface area contributed by atoms with Crippen LogP contribution in [-0.2, 0) is 4.79 Å². The molecule has 0 radical (unpaired) electrons. The fourth-order valence-electron chi connectivity index (χ4n) is 1.66. The third-order valence-electron chi connectivity index (χ3n) is 2.53. The molecule has 1 heterocycles. The van der Waals surface area contributed by atoms with Crippen molar-refractivity contribution >= 4 is 32.8 Å². The molecule has 1 aromatic carbocycles. The molecule has 0 amide bonds. The fraction of sp³-hybridized carbons (Fsp3) is 0.182. The zero-order valence-corrected chi connectivity index (χ0v) is 9.71. The molecule has 2 rings (SSSR count). The first-order valence-corrected chi connectivity index (χ1v) is 5.39. The number of carboxylic acids is 1. The third-order valence-corrected chi connectivity index (χ3v) is 3.15. The second-order valence-electron chi connectivity index (χ2n) is 3.47. The number of benzene rings is 1. The number of aromatic nitrogens is 1. The van der Waals surface area contributed by atoms with E-state index in [2.05, 4.69) is 20.9 Å². The number of rotatable bonds is 2. The van der Waals surface area contributed by atoms with Gasteiger partial charge in [0, 0.05) is 21.6 Å². The van der Waals surface area contributed by atoms with Crippen molar-refractivity contribution < 1.29 is 9.90 Å². The van der Waals surface area contributed by atoms with Crippen molar-refractivity contribution in [2.75, 3.05) is 0 Å². The van der Waals surface area contributed by atoms with E-state index in [0.29, 0.717) is 0 Å². The van der Waals surface area contributed by atoms with Crippen LogP contribution in [0.25, 0.3) is 10.9 Å². The Bertz CT molecular complexity index is 518. The molecule has 1 aromatic heterocycles. The van der Waals surface area contributed by atoms with Gasteiger partial charge in [-0.2, -0.15) is 0 Å². The van der Waals surface area contributed by atoms with E-state index in [9.17, 15) is 4.79 Å². The summed E-state index contributed by atoms with van der Waals surface area (Å²) in [6.07, 6.45) is 1.82. The number of hydrogen-bond acceptors (Lipinski definition) is 1. The topological polar surface area (TPSA) is 53.1 Å². The van der Waals surface area contributed by atoms with Gasteiger partial charge in [0.15, 0.2) is 0 Å². The van der Waals surface area contributed by atoms with Gasteiger partial charge in [-0.25, -0.2) is 0 Å². The molecule has 0 bridgehead atoms. The van der Waals surface area contributed by atoms with Gasteiger partial charge in [0.05, 0.1) is 5.92 Å². The van der Waals surface area contributed by atoms with Gasteiger partial charge >= 0.3 is 5.97 Å². The summed E-state index contributed by atoms with van der Waals surface area (Å²) in [7, 11) is 0. The van der Waals surface area contributed by atoms with Crippen LogP contribution in [-0.4, -0.2) is 16.1 Å². The second kappa shape index (κ2) is 3.70. The molecule has 0 fully saturated rings. The van der Waals surface area contributed by atoms with Crippen molar-refractivity contribution in [1.82, 2.24) is 4.98 Å². The molecule has 0 spiro atoms. The monoisotopic (exact) mass is 267 g/mol. The lowest BCUT2D eigenvalue weighted by atomic mass is 9.98. The Morgan fingerprint density at radius 2 is 2.27 bits per heavy atom. The first-order chi connectivity index (χ1) is 7.11. The van der Waals surface area contributed by atoms with Crippen LogP contribution < -0.4 is 0 Å². The minimum Gasteiger partial charge on any atom is -0.481 e. The van der Waals surface area contributed by atoms with Crippen LogP contribution in [0.4, 0.5) is 0 Å². The third kappa shape index (κ3) is 1.65. The minimum absolute atomic E-state index is 0.499. The van der Waals surface area contributed by atoms with E-state index in [1.54, 1.807) is 6.92 Å². The summed E-state index contributed by atoms with van der Waals surface area (Å²) in [5.74, 6) is -1.31. The Labute approximate surface area is 95.2 Å². The standard InChI is InChI=1S/C11H10BrNO2/c1-6(11(14)15)7-3-2-4-9-10(7)8(12)5-13-9/h2-6,13H,1H3,(H,14,15). The van der Waals surface area contributed by atoms with Gasteiger partial charge in [0.1, 0.15) is 0 Å². The van der Waals surface area contributed by atoms with Crippen LogP contribution in [0.2, 0.25) is 0 Å². The van der Waals surface area contributed by atoms with Gasteiger partial charge in [0.25, 0.3) is 0 Å². The first-order valence-electron chi connectivity index (χ1n) is 4.59. The number of fused-ring (bicyclic) bond motifs is 1. The molecule has 0 saturated carbocycles. The molecule has 0 saturated heterocycles. The van der Waals surface area contributed by atoms with E-state index in [0.717, 1.165) is 20.9 Å². The Morgan fingerprint density at radius 3 is 2.93 bits per heavy atom. The number of H-pyrrole nitrogens is 1. The van der Waals surface area contributed by atoms with E-state index in [1.807, 2.05) is 24.4 Å². The lowest BCUT2D eigenvalue weighted by Gasteiger charge is -2.08. The lowest BCUT2D eigenvalue weighted by molar-refractivity contribution is -0.138. The van der Waals surface area contributed by atoms with Crippen LogP contribution in [0.15, 0.2) is 28.9 Å². The summed E-state index contributed by atoms with van der Waals surface area (Å²) in [5.41, 5.74) is 1.78. The molecule has 2 N–H and O–H groups in total. The predicted molar refractivity (Wildman–Crippen MR) is 62.0 cm³/mol. The maximum Gasteiger partial charge on any atom is 0.310 e. The zero-order chi connectivity index (χ0) is 11.0. The van der Waals surface area contributed by atoms with E-state index < -0.39 is 11.9 Å². The highest BCUT2D eigenvalue weighted by Gasteiger charge is 2.18. The highest BCUT2D eigenvalue weighted by Crippen LogP contribution is 2.31. The van der Waals surface area contributed by atoms with Gasteiger partial charge < -0.3 is 10.1 Å². The molecule has 78 valence electrons. The Hall–Kier alpha value is -1.29. The van der Waals surface area contributed by atoms with Gasteiger partial charge in [-0.1, -0.05) is 12.1 Å². The lowest BCUT2D eigenvalue weighted by Crippen LogP contribution is -2.07. The Kier molecular flexibility index (Phi) is 2.52. The maximum absolute atomic E-state index is 11.0. The van der Waals surface area contributed by atoms with E-state index in [1.165, 1.54) is 0 Å². The van der Waals surface area contributed by atoms with Crippen LogP contribution in [0, 0.1) is 0 Å². The maximum atomic E-state index is 11.0. The Balaban J connectivity index is 2.69. The van der Waals surface area contributed by atoms with E-state index in [4.69, 9.17) is 5.11 Å². The normalized spacial score (nSPS) is 12.9. The highest BCUT2D eigenvalue weighted by molar-refractivity contribution is 9.10. The molecule has 0 aliphatic heterocycles. The first kappa shape index (κ1) is 10.2. The summed E-state index contributed by atoms with van der Waals surface area (Å²) in [4.78, 5) is 14.0.